The van der Waals surface area contributed by atoms with Gasteiger partial charge in [0, 0.05) is 10.6 Å². The van der Waals surface area contributed by atoms with E-state index in [1.165, 1.54) is 17.8 Å². The SMILES string of the molecule is Cc1ccc(C)c(NC(=O)C(C)Sc2ccc(F)c(F)c2)c1. The highest BCUT2D eigenvalue weighted by Gasteiger charge is 2.16. The summed E-state index contributed by atoms with van der Waals surface area (Å²) in [4.78, 5) is 12.7. The Kier molecular flexibility index (Phi) is 5.19. The van der Waals surface area contributed by atoms with Gasteiger partial charge in [-0.1, -0.05) is 12.1 Å². The van der Waals surface area contributed by atoms with E-state index in [1.807, 2.05) is 32.0 Å². The molecule has 0 aliphatic rings. The molecule has 0 aromatic heterocycles. The van der Waals surface area contributed by atoms with Crippen molar-refractivity contribution in [1.29, 1.82) is 0 Å². The molecule has 0 bridgehead atoms. The number of benzene rings is 2. The van der Waals surface area contributed by atoms with Crippen LogP contribution in [0.4, 0.5) is 14.5 Å². The monoisotopic (exact) mass is 321 g/mol. The molecule has 0 fully saturated rings. The molecule has 5 heteroatoms. The van der Waals surface area contributed by atoms with E-state index >= 15 is 0 Å². The molecular formula is C17H17F2NOS. The maximum absolute atomic E-state index is 13.2. The van der Waals surface area contributed by atoms with E-state index in [-0.39, 0.29) is 5.91 Å². The fourth-order valence-electron chi connectivity index (χ4n) is 1.91. The average molecular weight is 321 g/mol. The summed E-state index contributed by atoms with van der Waals surface area (Å²) in [6, 6.07) is 9.45. The minimum absolute atomic E-state index is 0.177. The van der Waals surface area contributed by atoms with Gasteiger partial charge in [0.15, 0.2) is 11.6 Å². The van der Waals surface area contributed by atoms with Gasteiger partial charge in [-0.05, 0) is 56.2 Å². The van der Waals surface area contributed by atoms with Crippen molar-refractivity contribution in [2.75, 3.05) is 5.32 Å². The van der Waals surface area contributed by atoms with Crippen LogP contribution in [0.25, 0.3) is 0 Å². The number of hydrogen-bond acceptors (Lipinski definition) is 2. The van der Waals surface area contributed by atoms with Crippen molar-refractivity contribution in [3.8, 4) is 0 Å². The first kappa shape index (κ1) is 16.5. The van der Waals surface area contributed by atoms with Gasteiger partial charge in [0.2, 0.25) is 5.91 Å². The second kappa shape index (κ2) is 6.92. The third-order valence-electron chi connectivity index (χ3n) is 3.22. The van der Waals surface area contributed by atoms with Crippen LogP contribution in [0.15, 0.2) is 41.3 Å². The molecule has 2 aromatic rings. The zero-order valence-electron chi connectivity index (χ0n) is 12.6. The fraction of sp³-hybridized carbons (Fsp3) is 0.235. The number of thioether (sulfide) groups is 1. The van der Waals surface area contributed by atoms with Gasteiger partial charge in [-0.3, -0.25) is 4.79 Å². The molecule has 0 aliphatic carbocycles. The van der Waals surface area contributed by atoms with Gasteiger partial charge < -0.3 is 5.32 Å². The highest BCUT2D eigenvalue weighted by atomic mass is 32.2. The van der Waals surface area contributed by atoms with Gasteiger partial charge in [0.1, 0.15) is 0 Å². The topological polar surface area (TPSA) is 29.1 Å². The molecule has 0 aliphatic heterocycles. The molecule has 22 heavy (non-hydrogen) atoms. The minimum Gasteiger partial charge on any atom is -0.325 e. The van der Waals surface area contributed by atoms with Crippen LogP contribution in [0.5, 0.6) is 0 Å². The van der Waals surface area contributed by atoms with Gasteiger partial charge >= 0.3 is 0 Å². The van der Waals surface area contributed by atoms with Crippen LogP contribution in [-0.4, -0.2) is 11.2 Å². The number of carbonyl (C=O) groups is 1. The number of amides is 1. The van der Waals surface area contributed by atoms with Crippen LogP contribution < -0.4 is 5.32 Å². The summed E-state index contributed by atoms with van der Waals surface area (Å²) in [5.74, 6) is -1.98. The Morgan fingerprint density at radius 3 is 2.50 bits per heavy atom. The number of aryl methyl sites for hydroxylation is 2. The second-order valence-corrected chi connectivity index (χ2v) is 6.56. The number of halogens is 2. The lowest BCUT2D eigenvalue weighted by molar-refractivity contribution is -0.115. The maximum Gasteiger partial charge on any atom is 0.237 e. The molecule has 0 heterocycles. The Morgan fingerprint density at radius 1 is 1.09 bits per heavy atom. The standard InChI is InChI=1S/C17H17F2NOS/c1-10-4-5-11(2)16(8-10)20-17(21)12(3)22-13-6-7-14(18)15(19)9-13/h4-9,12H,1-3H3,(H,20,21). The highest BCUT2D eigenvalue weighted by molar-refractivity contribution is 8.00. The lowest BCUT2D eigenvalue weighted by Crippen LogP contribution is -2.22. The number of hydrogen-bond donors (Lipinski definition) is 1. The Morgan fingerprint density at radius 2 is 1.82 bits per heavy atom. The lowest BCUT2D eigenvalue weighted by Gasteiger charge is -2.14. The molecule has 2 rings (SSSR count). The summed E-state index contributed by atoms with van der Waals surface area (Å²) in [6.07, 6.45) is 0. The predicted molar refractivity (Wildman–Crippen MR) is 86.2 cm³/mol. The van der Waals surface area contributed by atoms with Crippen molar-refractivity contribution >= 4 is 23.4 Å². The van der Waals surface area contributed by atoms with Gasteiger partial charge in [0.25, 0.3) is 0 Å². The van der Waals surface area contributed by atoms with E-state index in [4.69, 9.17) is 0 Å². The Labute approximate surface area is 132 Å². The third-order valence-corrected chi connectivity index (χ3v) is 4.32. The zero-order valence-corrected chi connectivity index (χ0v) is 13.4. The summed E-state index contributed by atoms with van der Waals surface area (Å²) >= 11 is 1.19. The van der Waals surface area contributed by atoms with Gasteiger partial charge in [-0.25, -0.2) is 8.78 Å². The largest absolute Gasteiger partial charge is 0.325 e. The number of rotatable bonds is 4. The third kappa shape index (κ3) is 4.07. The summed E-state index contributed by atoms with van der Waals surface area (Å²) in [7, 11) is 0. The van der Waals surface area contributed by atoms with E-state index in [9.17, 15) is 13.6 Å². The molecule has 1 amide bonds. The van der Waals surface area contributed by atoms with Gasteiger partial charge in [0.05, 0.1) is 5.25 Å². The molecule has 1 unspecified atom stereocenters. The minimum atomic E-state index is -0.910. The molecule has 2 nitrogen and oxygen atoms in total. The van der Waals surface area contributed by atoms with Crippen LogP contribution in [-0.2, 0) is 4.79 Å². The number of nitrogens with one attached hydrogen (secondary N) is 1. The molecule has 0 saturated heterocycles. The van der Waals surface area contributed by atoms with E-state index < -0.39 is 16.9 Å². The summed E-state index contributed by atoms with van der Waals surface area (Å²) in [6.45, 7) is 5.60. The van der Waals surface area contributed by atoms with Crippen molar-refractivity contribution in [3.63, 3.8) is 0 Å². The molecule has 2 aromatic carbocycles. The Bertz CT molecular complexity index is 703. The van der Waals surface area contributed by atoms with Crippen molar-refractivity contribution in [2.45, 2.75) is 30.9 Å². The van der Waals surface area contributed by atoms with Crippen molar-refractivity contribution < 1.29 is 13.6 Å². The smallest absolute Gasteiger partial charge is 0.237 e. The maximum atomic E-state index is 13.2. The first-order chi connectivity index (χ1) is 10.4. The van der Waals surface area contributed by atoms with E-state index in [0.717, 1.165) is 28.9 Å². The Balaban J connectivity index is 2.05. The molecule has 0 spiro atoms. The van der Waals surface area contributed by atoms with Crippen molar-refractivity contribution in [3.05, 3.63) is 59.2 Å². The van der Waals surface area contributed by atoms with E-state index in [2.05, 4.69) is 5.32 Å². The van der Waals surface area contributed by atoms with E-state index in [1.54, 1.807) is 6.92 Å². The van der Waals surface area contributed by atoms with Gasteiger partial charge in [-0.15, -0.1) is 11.8 Å². The molecule has 116 valence electrons. The molecule has 0 radical (unpaired) electrons. The van der Waals surface area contributed by atoms with Gasteiger partial charge in [-0.2, -0.15) is 0 Å². The first-order valence-corrected chi connectivity index (χ1v) is 7.74. The molecule has 1 atom stereocenters. The summed E-state index contributed by atoms with van der Waals surface area (Å²) in [5, 5.41) is 2.44. The molecule has 1 N–H and O–H groups in total. The predicted octanol–water partition coefficient (Wildman–Crippen LogP) is 4.70. The quantitative estimate of drug-likeness (QED) is 0.827. The second-order valence-electron chi connectivity index (χ2n) is 5.14. The van der Waals surface area contributed by atoms with Crippen LogP contribution >= 0.6 is 11.8 Å². The summed E-state index contributed by atoms with van der Waals surface area (Å²) in [5.41, 5.74) is 2.80. The van der Waals surface area contributed by atoms with Crippen LogP contribution in [0.1, 0.15) is 18.1 Å². The normalized spacial score (nSPS) is 12.0. The molecule has 0 saturated carbocycles. The van der Waals surface area contributed by atoms with Crippen molar-refractivity contribution in [1.82, 2.24) is 0 Å². The number of carbonyl (C=O) groups excluding carboxylic acids is 1. The first-order valence-electron chi connectivity index (χ1n) is 6.86. The van der Waals surface area contributed by atoms with Crippen LogP contribution in [0, 0.1) is 25.5 Å². The van der Waals surface area contributed by atoms with Crippen molar-refractivity contribution in [2.24, 2.45) is 0 Å². The van der Waals surface area contributed by atoms with E-state index in [0.29, 0.717) is 4.90 Å². The lowest BCUT2D eigenvalue weighted by atomic mass is 10.1. The number of anilines is 1. The fourth-order valence-corrected chi connectivity index (χ4v) is 2.81. The zero-order chi connectivity index (χ0) is 16.3. The average Bonchev–Trinajstić information content (AvgIpc) is 2.46. The summed E-state index contributed by atoms with van der Waals surface area (Å²) < 4.78 is 26.1. The van der Waals surface area contributed by atoms with Crippen LogP contribution in [0.3, 0.4) is 0 Å². The highest BCUT2D eigenvalue weighted by Crippen LogP contribution is 2.26. The molecular weight excluding hydrogens is 304 g/mol. The van der Waals surface area contributed by atoms with Crippen LogP contribution in [0.2, 0.25) is 0 Å². The Hall–Kier alpha value is -1.88.